The minimum Gasteiger partial charge on any atom is -0.338 e. The van der Waals surface area contributed by atoms with E-state index in [-0.39, 0.29) is 31.1 Å². The van der Waals surface area contributed by atoms with Crippen molar-refractivity contribution in [3.63, 3.8) is 0 Å². The predicted molar refractivity (Wildman–Crippen MR) is 90.7 cm³/mol. The number of pyridine rings is 1. The van der Waals surface area contributed by atoms with Crippen molar-refractivity contribution in [3.8, 4) is 0 Å². The molecule has 1 saturated heterocycles. The Balaban J connectivity index is 1.96. The van der Waals surface area contributed by atoms with E-state index in [0.717, 1.165) is 0 Å². The minimum absolute atomic E-state index is 0.0253. The Hall–Kier alpha value is -1.71. The van der Waals surface area contributed by atoms with Crippen molar-refractivity contribution >= 4 is 16.1 Å². The molecule has 1 aromatic heterocycles. The van der Waals surface area contributed by atoms with Gasteiger partial charge < -0.3 is 9.47 Å². The van der Waals surface area contributed by atoms with Gasteiger partial charge in [0.1, 0.15) is 6.54 Å². The molecule has 0 saturated carbocycles. The van der Waals surface area contributed by atoms with Crippen molar-refractivity contribution in [1.29, 1.82) is 0 Å². The number of hydrogen-bond donors (Lipinski definition) is 0. The van der Waals surface area contributed by atoms with E-state index in [1.165, 1.54) is 19.2 Å². The Morgan fingerprint density at radius 2 is 1.75 bits per heavy atom. The third-order valence-electron chi connectivity index (χ3n) is 4.15. The van der Waals surface area contributed by atoms with Crippen LogP contribution in [0.1, 0.15) is 13.8 Å². The third-order valence-corrected chi connectivity index (χ3v) is 6.34. The van der Waals surface area contributed by atoms with Gasteiger partial charge in [-0.25, -0.2) is 0 Å². The maximum atomic E-state index is 12.5. The van der Waals surface area contributed by atoms with Gasteiger partial charge in [0.25, 0.3) is 15.8 Å². The van der Waals surface area contributed by atoms with Gasteiger partial charge in [-0.15, -0.1) is 0 Å². The van der Waals surface area contributed by atoms with Crippen LogP contribution in [0.4, 0.5) is 0 Å². The molecule has 2 rings (SSSR count). The first-order valence-corrected chi connectivity index (χ1v) is 9.48. The number of hydrogen-bond acceptors (Lipinski definition) is 4. The first-order chi connectivity index (χ1) is 11.4. The molecule has 24 heavy (non-hydrogen) atoms. The van der Waals surface area contributed by atoms with Crippen molar-refractivity contribution in [2.45, 2.75) is 20.4 Å². The maximum Gasteiger partial charge on any atom is 0.282 e. The van der Waals surface area contributed by atoms with Gasteiger partial charge in [-0.3, -0.25) is 9.59 Å². The maximum absolute atomic E-state index is 12.5. The highest BCUT2D eigenvalue weighted by Crippen LogP contribution is 2.12. The first kappa shape index (κ1) is 18.6. The second-order valence-corrected chi connectivity index (χ2v) is 7.47. The van der Waals surface area contributed by atoms with Crippen LogP contribution in [-0.2, 0) is 21.5 Å². The number of carbonyl (C=O) groups is 1. The Morgan fingerprint density at radius 1 is 1.12 bits per heavy atom. The van der Waals surface area contributed by atoms with Crippen molar-refractivity contribution in [2.75, 3.05) is 39.3 Å². The van der Waals surface area contributed by atoms with Gasteiger partial charge in [-0.2, -0.15) is 17.0 Å². The molecular weight excluding hydrogens is 332 g/mol. The van der Waals surface area contributed by atoms with Crippen LogP contribution in [0, 0.1) is 0 Å². The van der Waals surface area contributed by atoms with Crippen LogP contribution in [0.5, 0.6) is 0 Å². The molecule has 9 heteroatoms. The summed E-state index contributed by atoms with van der Waals surface area (Å²) >= 11 is 0. The molecule has 0 aromatic carbocycles. The summed E-state index contributed by atoms with van der Waals surface area (Å²) < 4.78 is 29.1. The molecule has 1 amide bonds. The van der Waals surface area contributed by atoms with E-state index in [0.29, 0.717) is 26.2 Å². The molecule has 134 valence electrons. The van der Waals surface area contributed by atoms with E-state index < -0.39 is 10.2 Å². The highest BCUT2D eigenvalue weighted by Gasteiger charge is 2.32. The number of amides is 1. The number of nitrogens with zero attached hydrogens (tertiary/aromatic N) is 4. The Morgan fingerprint density at radius 3 is 2.29 bits per heavy atom. The molecule has 0 atom stereocenters. The van der Waals surface area contributed by atoms with Crippen molar-refractivity contribution in [1.82, 2.24) is 18.1 Å². The van der Waals surface area contributed by atoms with Gasteiger partial charge in [0, 0.05) is 51.5 Å². The van der Waals surface area contributed by atoms with E-state index in [1.54, 1.807) is 37.1 Å². The predicted octanol–water partition coefficient (Wildman–Crippen LogP) is -0.421. The fourth-order valence-electron chi connectivity index (χ4n) is 2.72. The second-order valence-electron chi connectivity index (χ2n) is 5.54. The van der Waals surface area contributed by atoms with Gasteiger partial charge in [0.05, 0.1) is 0 Å². The first-order valence-electron chi connectivity index (χ1n) is 8.08. The topological polar surface area (TPSA) is 82.9 Å². The largest absolute Gasteiger partial charge is 0.338 e. The number of aromatic nitrogens is 1. The van der Waals surface area contributed by atoms with E-state index in [4.69, 9.17) is 0 Å². The van der Waals surface area contributed by atoms with E-state index in [2.05, 4.69) is 0 Å². The zero-order valence-corrected chi connectivity index (χ0v) is 14.9. The van der Waals surface area contributed by atoms with Crippen LogP contribution in [0.3, 0.4) is 0 Å². The summed E-state index contributed by atoms with van der Waals surface area (Å²) in [5.41, 5.74) is -0.228. The number of piperazine rings is 1. The molecule has 1 aromatic rings. The quantitative estimate of drug-likeness (QED) is 0.693. The lowest BCUT2D eigenvalue weighted by Crippen LogP contribution is -2.54. The summed E-state index contributed by atoms with van der Waals surface area (Å²) in [4.78, 5) is 25.6. The van der Waals surface area contributed by atoms with Crippen LogP contribution in [0.2, 0.25) is 0 Å². The summed E-state index contributed by atoms with van der Waals surface area (Å²) in [7, 11) is -3.47. The van der Waals surface area contributed by atoms with Gasteiger partial charge in [-0.1, -0.05) is 19.9 Å². The average Bonchev–Trinajstić information content (AvgIpc) is 2.58. The van der Waals surface area contributed by atoms with Crippen molar-refractivity contribution in [3.05, 3.63) is 34.7 Å². The normalized spacial score (nSPS) is 16.5. The molecular formula is C15H24N4O4S. The molecule has 8 nitrogen and oxygen atoms in total. The zero-order chi connectivity index (χ0) is 17.7. The van der Waals surface area contributed by atoms with Crippen molar-refractivity contribution in [2.24, 2.45) is 0 Å². The summed E-state index contributed by atoms with van der Waals surface area (Å²) in [5, 5.41) is 0. The van der Waals surface area contributed by atoms with Crippen molar-refractivity contribution < 1.29 is 13.2 Å². The highest BCUT2D eigenvalue weighted by molar-refractivity contribution is 7.86. The molecule has 0 unspecified atom stereocenters. The number of carbonyl (C=O) groups excluding carboxylic acids is 1. The lowest BCUT2D eigenvalue weighted by atomic mass is 10.3. The van der Waals surface area contributed by atoms with Crippen LogP contribution in [0.25, 0.3) is 0 Å². The molecule has 0 radical (unpaired) electrons. The zero-order valence-electron chi connectivity index (χ0n) is 14.1. The number of rotatable bonds is 6. The second kappa shape index (κ2) is 7.91. The fraction of sp³-hybridized carbons (Fsp3) is 0.600. The highest BCUT2D eigenvalue weighted by atomic mass is 32.2. The standard InChI is InChI=1S/C15H24N4O4S/c1-3-18(4-2)24(22,23)19-11-9-16(10-12-19)15(21)13-17-8-6-5-7-14(17)20/h5-8H,3-4,9-13H2,1-2H3. The molecule has 0 N–H and O–H groups in total. The van der Waals surface area contributed by atoms with Crippen LogP contribution in [0.15, 0.2) is 29.2 Å². The summed E-state index contributed by atoms with van der Waals surface area (Å²) in [6, 6.07) is 4.73. The summed E-state index contributed by atoms with van der Waals surface area (Å²) in [6.45, 7) is 5.65. The van der Waals surface area contributed by atoms with E-state index >= 15 is 0 Å². The monoisotopic (exact) mass is 356 g/mol. The molecule has 1 fully saturated rings. The van der Waals surface area contributed by atoms with E-state index in [9.17, 15) is 18.0 Å². The van der Waals surface area contributed by atoms with Crippen LogP contribution < -0.4 is 5.56 Å². The average molecular weight is 356 g/mol. The molecule has 1 aliphatic rings. The molecule has 0 spiro atoms. The Labute approximate surface area is 142 Å². The summed E-state index contributed by atoms with van der Waals surface area (Å²) in [6.07, 6.45) is 1.57. The lowest BCUT2D eigenvalue weighted by Gasteiger charge is -2.36. The fourth-order valence-corrected chi connectivity index (χ4v) is 4.32. The van der Waals surface area contributed by atoms with Crippen LogP contribution >= 0.6 is 0 Å². The Kier molecular flexibility index (Phi) is 6.14. The molecule has 1 aliphatic heterocycles. The third kappa shape index (κ3) is 4.03. The Bertz CT molecular complexity index is 719. The van der Waals surface area contributed by atoms with E-state index in [1.807, 2.05) is 0 Å². The van der Waals surface area contributed by atoms with Gasteiger partial charge in [0.15, 0.2) is 0 Å². The smallest absolute Gasteiger partial charge is 0.282 e. The SMILES string of the molecule is CCN(CC)S(=O)(=O)N1CCN(C(=O)Cn2ccccc2=O)CC1. The van der Waals surface area contributed by atoms with Gasteiger partial charge in [0.2, 0.25) is 5.91 Å². The minimum atomic E-state index is -3.47. The summed E-state index contributed by atoms with van der Waals surface area (Å²) in [5.74, 6) is -0.178. The lowest BCUT2D eigenvalue weighted by molar-refractivity contribution is -0.133. The molecule has 0 bridgehead atoms. The molecule has 0 aliphatic carbocycles. The molecule has 2 heterocycles. The van der Waals surface area contributed by atoms with Gasteiger partial charge >= 0.3 is 0 Å². The van der Waals surface area contributed by atoms with Crippen LogP contribution in [-0.4, -0.2) is 71.7 Å². The van der Waals surface area contributed by atoms with Gasteiger partial charge in [-0.05, 0) is 6.07 Å².